The third kappa shape index (κ3) is 23.5. The molecular weight excluding hydrogens is 1590 g/mol. The summed E-state index contributed by atoms with van der Waals surface area (Å²) in [5.74, 6) is -4.36. The molecule has 25 atom stereocenters. The zero-order chi connectivity index (χ0) is 86.7. The maximum absolute atomic E-state index is 16.3. The maximum atomic E-state index is 16.3. The Bertz CT molecular complexity index is 4110. The molecule has 666 valence electrons. The van der Waals surface area contributed by atoms with Crippen LogP contribution in [0.25, 0.3) is 0 Å². The SMILES string of the molecule is CC[C@]1(C(=O)OCc2ccccc2)O[C@@H](O[C@H]2[C@H](OC(C)=O)[C@@H](OCc3ccccc3)[C@@H](O[C@H]3[C@H](OC)[C@@H](OC)[C@H](O[C@H]4[C@H](OCc5ccccc5)[C@@H](OCc5ccccc5)[C@@H](OC)O[C@@H]4COCc4ccccc4)O[C@@]3(COC)C(=O)OCc3ccccc3)O[C@@H]2COC(C)=O)[C@H](OC)[C@@H](OC)[C@@H]1O[C@H]1O[C@H](COC(C)=O)[C@@H](OC)[C@H](OC)[C@H]1OC. The van der Waals surface area contributed by atoms with Gasteiger partial charge in [0.05, 0.1) is 39.6 Å². The molecule has 6 aromatic carbocycles. The van der Waals surface area contributed by atoms with Gasteiger partial charge in [-0.25, -0.2) is 9.59 Å². The highest BCUT2D eigenvalue weighted by Gasteiger charge is 2.68. The molecule has 5 aliphatic rings. The van der Waals surface area contributed by atoms with Gasteiger partial charge in [0.2, 0.25) is 5.60 Å². The first-order valence-corrected chi connectivity index (χ1v) is 40.4. The molecule has 32 heteroatoms. The number of ether oxygens (including phenoxy) is 27. The number of methoxy groups -OCH3 is 9. The van der Waals surface area contributed by atoms with E-state index in [4.69, 9.17) is 128 Å². The Morgan fingerprint density at radius 3 is 1.03 bits per heavy atom. The van der Waals surface area contributed by atoms with Crippen LogP contribution >= 0.6 is 0 Å². The van der Waals surface area contributed by atoms with Gasteiger partial charge in [-0.05, 0) is 39.8 Å². The van der Waals surface area contributed by atoms with Crippen molar-refractivity contribution in [1.82, 2.24) is 0 Å². The third-order valence-corrected chi connectivity index (χ3v) is 21.9. The Hall–Kier alpha value is -8.21. The molecule has 5 aliphatic heterocycles. The van der Waals surface area contributed by atoms with Gasteiger partial charge >= 0.3 is 29.8 Å². The average Bonchev–Trinajstić information content (AvgIpc) is 0.709. The topological polar surface area (TPSA) is 335 Å². The Balaban J connectivity index is 1.02. The lowest BCUT2D eigenvalue weighted by Crippen LogP contribution is -2.74. The summed E-state index contributed by atoms with van der Waals surface area (Å²) in [6, 6.07) is 55.3. The molecule has 122 heavy (non-hydrogen) atoms. The molecule has 32 nitrogen and oxygen atoms in total. The van der Waals surface area contributed by atoms with Crippen molar-refractivity contribution < 1.29 is 152 Å². The van der Waals surface area contributed by atoms with Gasteiger partial charge < -0.3 is 128 Å². The molecule has 0 unspecified atom stereocenters. The first-order valence-electron chi connectivity index (χ1n) is 40.4. The molecule has 0 amide bonds. The van der Waals surface area contributed by atoms with Gasteiger partial charge in [0.1, 0.15) is 130 Å². The van der Waals surface area contributed by atoms with Crippen molar-refractivity contribution in [3.63, 3.8) is 0 Å². The predicted octanol–water partition coefficient (Wildman–Crippen LogP) is 8.22. The molecule has 0 spiro atoms. The highest BCUT2D eigenvalue weighted by Crippen LogP contribution is 2.46. The summed E-state index contributed by atoms with van der Waals surface area (Å²) in [5.41, 5.74) is -0.570. The van der Waals surface area contributed by atoms with Crippen LogP contribution in [0, 0.1) is 0 Å². The summed E-state index contributed by atoms with van der Waals surface area (Å²) in [7, 11) is 12.5. The van der Waals surface area contributed by atoms with Gasteiger partial charge in [-0.15, -0.1) is 0 Å². The highest BCUT2D eigenvalue weighted by molar-refractivity contribution is 5.82. The Morgan fingerprint density at radius 1 is 0.303 bits per heavy atom. The molecule has 5 saturated heterocycles. The average molecular weight is 1710 g/mol. The number of benzene rings is 6. The van der Waals surface area contributed by atoms with Gasteiger partial charge in [-0.3, -0.25) is 14.4 Å². The molecule has 0 aromatic heterocycles. The van der Waals surface area contributed by atoms with Crippen molar-refractivity contribution in [2.45, 2.75) is 226 Å². The highest BCUT2D eigenvalue weighted by atomic mass is 16.8. The lowest BCUT2D eigenvalue weighted by atomic mass is 9.83. The molecule has 6 aromatic rings. The van der Waals surface area contributed by atoms with E-state index in [1.54, 1.807) is 85.8 Å². The fourth-order valence-corrected chi connectivity index (χ4v) is 15.9. The van der Waals surface area contributed by atoms with E-state index in [-0.39, 0.29) is 59.3 Å². The number of hydrogen-bond acceptors (Lipinski definition) is 32. The second-order valence-corrected chi connectivity index (χ2v) is 29.7. The summed E-state index contributed by atoms with van der Waals surface area (Å²) in [5, 5.41) is 0. The van der Waals surface area contributed by atoms with Crippen LogP contribution in [0.15, 0.2) is 182 Å². The number of esters is 5. The number of carbonyl (C=O) groups excluding carboxylic acids is 5. The predicted molar refractivity (Wildman–Crippen MR) is 428 cm³/mol. The van der Waals surface area contributed by atoms with Crippen LogP contribution in [0.1, 0.15) is 67.5 Å². The van der Waals surface area contributed by atoms with Crippen molar-refractivity contribution in [1.29, 1.82) is 0 Å². The minimum Gasteiger partial charge on any atom is -0.463 e. The second-order valence-electron chi connectivity index (χ2n) is 29.7. The summed E-state index contributed by atoms with van der Waals surface area (Å²) in [6.45, 7) is 2.77. The molecule has 11 rings (SSSR count). The molecule has 0 N–H and O–H groups in total. The van der Waals surface area contributed by atoms with Crippen LogP contribution in [-0.4, -0.2) is 273 Å². The quantitative estimate of drug-likeness (QED) is 0.0257. The van der Waals surface area contributed by atoms with E-state index in [1.165, 1.54) is 70.9 Å². The normalized spacial score (nSPS) is 31.6. The Kier molecular flexibility index (Phi) is 36.1. The maximum Gasteiger partial charge on any atom is 0.344 e. The minimum atomic E-state index is -2.54. The molecule has 0 radical (unpaired) electrons. The van der Waals surface area contributed by atoms with Crippen LogP contribution in [0.3, 0.4) is 0 Å². The zero-order valence-corrected chi connectivity index (χ0v) is 70.9. The second kappa shape index (κ2) is 46.7. The van der Waals surface area contributed by atoms with Crippen LogP contribution in [0.5, 0.6) is 0 Å². The van der Waals surface area contributed by atoms with Gasteiger partial charge in [-0.1, -0.05) is 189 Å². The van der Waals surface area contributed by atoms with Gasteiger partial charge in [0, 0.05) is 84.8 Å². The first kappa shape index (κ1) is 94.5. The van der Waals surface area contributed by atoms with Crippen molar-refractivity contribution in [2.75, 3.05) is 90.4 Å². The van der Waals surface area contributed by atoms with E-state index >= 15 is 9.59 Å². The number of hydrogen-bond donors (Lipinski definition) is 0. The lowest BCUT2D eigenvalue weighted by molar-refractivity contribution is -0.413. The summed E-state index contributed by atoms with van der Waals surface area (Å²) in [6.07, 6.45) is -32.8. The van der Waals surface area contributed by atoms with Crippen molar-refractivity contribution >= 4 is 29.8 Å². The monoisotopic (exact) mass is 1710 g/mol. The van der Waals surface area contributed by atoms with Crippen molar-refractivity contribution in [3.05, 3.63) is 215 Å². The molecule has 5 fully saturated rings. The first-order chi connectivity index (χ1) is 59.3. The molecule has 0 bridgehead atoms. The van der Waals surface area contributed by atoms with E-state index in [9.17, 15) is 14.4 Å². The van der Waals surface area contributed by atoms with Gasteiger partial charge in [-0.2, -0.15) is 0 Å². The summed E-state index contributed by atoms with van der Waals surface area (Å²) in [4.78, 5) is 72.2. The van der Waals surface area contributed by atoms with Crippen LogP contribution in [-0.2, 0) is 192 Å². The van der Waals surface area contributed by atoms with Crippen LogP contribution < -0.4 is 0 Å². The van der Waals surface area contributed by atoms with Gasteiger partial charge in [0.15, 0.2) is 43.2 Å². The molecule has 0 aliphatic carbocycles. The number of rotatable bonds is 43. The molecular formula is C90H114O32. The summed E-state index contributed by atoms with van der Waals surface area (Å²) >= 11 is 0. The standard InChI is InChI=1S/C90H114O32/c1-14-89(87(94)111-49-62-41-29-19-30-42-62)80(119-83-75(101-10)70(98-7)67(97-6)65(115-83)52-106-55(2)91)73(99-8)76(102-11)85(121-89)118-69-66(53-107-56(3)92)116-84(79(72(69)113-57(4)93)110-48-61-39-27-18-28-40-61)120-81-74(100-9)77(103-12)86(122-90(81,54-96-5)88(95)112-50-63-43-31-20-32-44-63)117-68-64(51-105-45-58-33-21-15-22-34-58)114-82(104-13)78(109-47-60-37-25-17-26-38-60)71(68)108-46-59-35-23-16-24-36-59/h15-44,64-86H,14,45-54H2,1-13H3/t64-,65-,66-,67-,68-,69-,70+,71+,72+,73-,74-,75-,76-,77-,78-,79-,80+,81+,82+,83-,84-,85-,86-,89+,90-/m1/s1. The van der Waals surface area contributed by atoms with E-state index in [1.807, 2.05) is 103 Å². The fourth-order valence-electron chi connectivity index (χ4n) is 15.9. The van der Waals surface area contributed by atoms with E-state index in [2.05, 4.69) is 0 Å². The van der Waals surface area contributed by atoms with Crippen LogP contribution in [0.4, 0.5) is 0 Å². The van der Waals surface area contributed by atoms with Crippen molar-refractivity contribution in [3.8, 4) is 0 Å². The minimum absolute atomic E-state index is 0.0290. The lowest BCUT2D eigenvalue weighted by Gasteiger charge is -2.55. The van der Waals surface area contributed by atoms with E-state index in [0.717, 1.165) is 30.5 Å². The van der Waals surface area contributed by atoms with E-state index < -0.39 is 196 Å². The molecule has 5 heterocycles. The van der Waals surface area contributed by atoms with Crippen LogP contribution in [0.2, 0.25) is 0 Å². The largest absolute Gasteiger partial charge is 0.463 e. The Labute approximate surface area is 710 Å². The van der Waals surface area contributed by atoms with Crippen molar-refractivity contribution in [2.24, 2.45) is 0 Å². The molecule has 0 saturated carbocycles. The smallest absolute Gasteiger partial charge is 0.344 e. The zero-order valence-electron chi connectivity index (χ0n) is 70.9. The summed E-state index contributed by atoms with van der Waals surface area (Å²) < 4.78 is 179. The fraction of sp³-hybridized carbons (Fsp3) is 0.544. The van der Waals surface area contributed by atoms with Gasteiger partial charge in [0.25, 0.3) is 0 Å². The Morgan fingerprint density at radius 2 is 0.639 bits per heavy atom. The van der Waals surface area contributed by atoms with E-state index in [0.29, 0.717) is 16.7 Å². The number of carbonyl (C=O) groups is 5. The third-order valence-electron chi connectivity index (χ3n) is 21.9.